The molecule has 0 radical (unpaired) electrons. The highest BCUT2D eigenvalue weighted by molar-refractivity contribution is 6.45. The molecular formula is C18H35BN2O3. The number of hydrogen-bond acceptors (Lipinski definition) is 5. The lowest BCUT2D eigenvalue weighted by Crippen LogP contribution is -2.50. The molecule has 2 aliphatic rings. The number of carbonyl (C=O) groups is 1. The summed E-state index contributed by atoms with van der Waals surface area (Å²) < 4.78 is 12.2. The second kappa shape index (κ2) is 7.06. The minimum absolute atomic E-state index is 0.160. The monoisotopic (exact) mass is 338 g/mol. The van der Waals surface area contributed by atoms with Crippen molar-refractivity contribution in [1.82, 2.24) is 4.90 Å². The topological polar surface area (TPSA) is 64.8 Å². The highest BCUT2D eigenvalue weighted by Gasteiger charge is 2.51. The SMILES string of the molecule is CN(C)C[C@@H]1C[C@@H](CCB2OC(C)(C)C(C)(C)O2)CC(N)(C=O)C1. The Labute approximate surface area is 147 Å². The van der Waals surface area contributed by atoms with Crippen LogP contribution >= 0.6 is 0 Å². The Morgan fingerprint density at radius 2 is 1.67 bits per heavy atom. The van der Waals surface area contributed by atoms with Crippen LogP contribution in [0.2, 0.25) is 6.32 Å². The van der Waals surface area contributed by atoms with Crippen molar-refractivity contribution in [1.29, 1.82) is 0 Å². The number of carbonyl (C=O) groups excluding carboxylic acids is 1. The first-order valence-electron chi connectivity index (χ1n) is 9.22. The van der Waals surface area contributed by atoms with Crippen LogP contribution in [-0.2, 0) is 14.1 Å². The maximum Gasteiger partial charge on any atom is 0.457 e. The minimum atomic E-state index is -0.667. The molecule has 0 amide bonds. The Hall–Kier alpha value is -0.425. The van der Waals surface area contributed by atoms with E-state index >= 15 is 0 Å². The van der Waals surface area contributed by atoms with Crippen molar-refractivity contribution in [3.63, 3.8) is 0 Å². The molecule has 0 spiro atoms. The first-order valence-corrected chi connectivity index (χ1v) is 9.22. The van der Waals surface area contributed by atoms with Crippen LogP contribution in [0.5, 0.6) is 0 Å². The smallest absolute Gasteiger partial charge is 0.403 e. The molecule has 0 aromatic heterocycles. The summed E-state index contributed by atoms with van der Waals surface area (Å²) in [5.41, 5.74) is 5.11. The highest BCUT2D eigenvalue weighted by atomic mass is 16.7. The van der Waals surface area contributed by atoms with Crippen molar-refractivity contribution in [2.45, 2.75) is 76.4 Å². The van der Waals surface area contributed by atoms with Gasteiger partial charge in [-0.15, -0.1) is 0 Å². The van der Waals surface area contributed by atoms with Gasteiger partial charge in [-0.3, -0.25) is 0 Å². The van der Waals surface area contributed by atoms with E-state index in [0.29, 0.717) is 11.8 Å². The average Bonchev–Trinajstić information content (AvgIpc) is 2.63. The Kier molecular flexibility index (Phi) is 5.85. The van der Waals surface area contributed by atoms with E-state index in [1.807, 2.05) is 0 Å². The molecule has 1 heterocycles. The maximum absolute atomic E-state index is 11.5. The second-order valence-corrected chi connectivity index (χ2v) is 9.25. The molecule has 1 aliphatic carbocycles. The maximum atomic E-state index is 11.5. The summed E-state index contributed by atoms with van der Waals surface area (Å²) >= 11 is 0. The number of rotatable bonds is 6. The molecule has 1 saturated heterocycles. The fourth-order valence-electron chi connectivity index (χ4n) is 4.22. The van der Waals surface area contributed by atoms with Gasteiger partial charge in [0.25, 0.3) is 0 Å². The third-order valence-electron chi connectivity index (χ3n) is 5.97. The van der Waals surface area contributed by atoms with Gasteiger partial charge in [0.05, 0.1) is 16.7 Å². The van der Waals surface area contributed by atoms with Crippen LogP contribution in [0.25, 0.3) is 0 Å². The Balaban J connectivity index is 1.92. The average molecular weight is 338 g/mol. The molecule has 1 unspecified atom stereocenters. The molecule has 0 aromatic rings. The van der Waals surface area contributed by atoms with Gasteiger partial charge in [0.1, 0.15) is 6.29 Å². The largest absolute Gasteiger partial charge is 0.457 e. The summed E-state index contributed by atoms with van der Waals surface area (Å²) in [5.74, 6) is 0.935. The zero-order valence-corrected chi connectivity index (χ0v) is 16.3. The Morgan fingerprint density at radius 1 is 1.12 bits per heavy atom. The number of hydrogen-bond donors (Lipinski definition) is 1. The summed E-state index contributed by atoms with van der Waals surface area (Å²) in [7, 11) is 3.99. The highest BCUT2D eigenvalue weighted by Crippen LogP contribution is 2.41. The van der Waals surface area contributed by atoms with Crippen LogP contribution in [0.4, 0.5) is 0 Å². The van der Waals surface area contributed by atoms with Gasteiger partial charge in [0, 0.05) is 6.54 Å². The Bertz CT molecular complexity index is 440. The van der Waals surface area contributed by atoms with Gasteiger partial charge in [0.15, 0.2) is 0 Å². The quantitative estimate of drug-likeness (QED) is 0.595. The zero-order chi connectivity index (χ0) is 18.2. The van der Waals surface area contributed by atoms with Crippen molar-refractivity contribution in [2.24, 2.45) is 17.6 Å². The van der Waals surface area contributed by atoms with Crippen molar-refractivity contribution >= 4 is 13.4 Å². The second-order valence-electron chi connectivity index (χ2n) is 9.25. The van der Waals surface area contributed by atoms with Crippen LogP contribution in [0, 0.1) is 11.8 Å². The van der Waals surface area contributed by atoms with E-state index in [1.54, 1.807) is 0 Å². The molecule has 1 aliphatic heterocycles. The standard InChI is InChI=1S/C18H35BN2O3/c1-16(2)17(3,4)24-19(23-16)8-7-14-9-15(12-21(5)6)11-18(20,10-14)13-22/h13-15H,7-12,20H2,1-6H3/t14-,15-,18?/m1/s1. The summed E-state index contributed by atoms with van der Waals surface area (Å²) in [6, 6.07) is 0. The van der Waals surface area contributed by atoms with Crippen LogP contribution < -0.4 is 5.73 Å². The lowest BCUT2D eigenvalue weighted by Gasteiger charge is -2.40. The third-order valence-corrected chi connectivity index (χ3v) is 5.97. The molecule has 3 atom stereocenters. The first kappa shape index (κ1) is 19.9. The van der Waals surface area contributed by atoms with Gasteiger partial charge in [-0.25, -0.2) is 0 Å². The fraction of sp³-hybridized carbons (Fsp3) is 0.944. The van der Waals surface area contributed by atoms with Crippen molar-refractivity contribution in [3.05, 3.63) is 0 Å². The molecule has 0 aromatic carbocycles. The lowest BCUT2D eigenvalue weighted by molar-refractivity contribution is -0.114. The molecule has 5 nitrogen and oxygen atoms in total. The van der Waals surface area contributed by atoms with E-state index in [-0.39, 0.29) is 18.3 Å². The normalized spacial score (nSPS) is 35.4. The first-order chi connectivity index (χ1) is 11.0. The molecule has 1 saturated carbocycles. The fourth-order valence-corrected chi connectivity index (χ4v) is 4.22. The van der Waals surface area contributed by atoms with E-state index in [2.05, 4.69) is 46.7 Å². The van der Waals surface area contributed by atoms with Gasteiger partial charge in [0.2, 0.25) is 0 Å². The molecule has 0 bridgehead atoms. The molecular weight excluding hydrogens is 303 g/mol. The number of nitrogens with zero attached hydrogens (tertiary/aromatic N) is 1. The number of aldehydes is 1. The van der Waals surface area contributed by atoms with E-state index in [4.69, 9.17) is 15.0 Å². The van der Waals surface area contributed by atoms with Gasteiger partial charge in [-0.2, -0.15) is 0 Å². The van der Waals surface area contributed by atoms with E-state index in [9.17, 15) is 4.79 Å². The third kappa shape index (κ3) is 4.60. The molecule has 24 heavy (non-hydrogen) atoms. The summed E-state index contributed by atoms with van der Waals surface area (Å²) in [6.07, 6.45) is 5.53. The van der Waals surface area contributed by atoms with Crippen molar-refractivity contribution in [3.8, 4) is 0 Å². The lowest BCUT2D eigenvalue weighted by atomic mass is 9.67. The molecule has 2 fully saturated rings. The van der Waals surface area contributed by atoms with Crippen LogP contribution in [0.3, 0.4) is 0 Å². The van der Waals surface area contributed by atoms with Gasteiger partial charge in [-0.05, 0) is 79.2 Å². The van der Waals surface area contributed by atoms with Gasteiger partial charge < -0.3 is 24.7 Å². The molecule has 2 rings (SSSR count). The predicted octanol–water partition coefficient (Wildman–Crippen LogP) is 2.34. The molecule has 2 N–H and O–H groups in total. The van der Waals surface area contributed by atoms with E-state index < -0.39 is 5.54 Å². The van der Waals surface area contributed by atoms with E-state index in [1.165, 1.54) is 0 Å². The van der Waals surface area contributed by atoms with Crippen LogP contribution in [0.1, 0.15) is 53.4 Å². The van der Waals surface area contributed by atoms with Crippen molar-refractivity contribution < 1.29 is 14.1 Å². The summed E-state index contributed by atoms with van der Waals surface area (Å²) in [6.45, 7) is 9.31. The van der Waals surface area contributed by atoms with Gasteiger partial charge >= 0.3 is 7.12 Å². The van der Waals surface area contributed by atoms with Crippen molar-refractivity contribution in [2.75, 3.05) is 20.6 Å². The van der Waals surface area contributed by atoms with E-state index in [0.717, 1.165) is 44.8 Å². The molecule has 138 valence electrons. The minimum Gasteiger partial charge on any atom is -0.403 e. The van der Waals surface area contributed by atoms with Crippen LogP contribution in [-0.4, -0.2) is 55.7 Å². The predicted molar refractivity (Wildman–Crippen MR) is 97.9 cm³/mol. The van der Waals surface area contributed by atoms with Gasteiger partial charge in [-0.1, -0.05) is 6.42 Å². The number of nitrogens with two attached hydrogens (primary N) is 1. The summed E-state index contributed by atoms with van der Waals surface area (Å²) in [4.78, 5) is 13.7. The molecule has 6 heteroatoms. The summed E-state index contributed by atoms with van der Waals surface area (Å²) in [5, 5.41) is 0. The zero-order valence-electron chi connectivity index (χ0n) is 16.3. The van der Waals surface area contributed by atoms with Crippen LogP contribution in [0.15, 0.2) is 0 Å². The Morgan fingerprint density at radius 3 is 2.17 bits per heavy atom.